The first-order valence-electron chi connectivity index (χ1n) is 5.63. The average Bonchev–Trinajstić information content (AvgIpc) is 2.29. The molecule has 0 heteroatoms. The van der Waals surface area contributed by atoms with Gasteiger partial charge in [-0.15, -0.1) is 0 Å². The van der Waals surface area contributed by atoms with Crippen LogP contribution in [0, 0.1) is 6.92 Å². The van der Waals surface area contributed by atoms with Crippen LogP contribution in [0.5, 0.6) is 0 Å². The lowest BCUT2D eigenvalue weighted by atomic mass is 9.94. The van der Waals surface area contributed by atoms with Crippen molar-refractivity contribution in [3.8, 4) is 0 Å². The first-order chi connectivity index (χ1) is 7.31. The molecule has 0 aliphatic carbocycles. The second-order valence-corrected chi connectivity index (χ2v) is 4.09. The summed E-state index contributed by atoms with van der Waals surface area (Å²) in [6, 6.07) is 15.1. The Morgan fingerprint density at radius 1 is 1.07 bits per heavy atom. The first kappa shape index (κ1) is 10.2. The largest absolute Gasteiger partial charge is 0.0654 e. The maximum absolute atomic E-state index is 4.20. The Morgan fingerprint density at radius 2 is 1.80 bits per heavy atom. The zero-order valence-corrected chi connectivity index (χ0v) is 9.24. The van der Waals surface area contributed by atoms with E-state index in [1.165, 1.54) is 29.2 Å². The van der Waals surface area contributed by atoms with E-state index in [4.69, 9.17) is 0 Å². The molecule has 0 amide bonds. The molecule has 1 unspecified atom stereocenters. The van der Waals surface area contributed by atoms with Crippen molar-refractivity contribution in [2.24, 2.45) is 0 Å². The van der Waals surface area contributed by atoms with Gasteiger partial charge in [0, 0.05) is 0 Å². The van der Waals surface area contributed by atoms with Crippen LogP contribution >= 0.6 is 0 Å². The molecule has 0 aliphatic heterocycles. The van der Waals surface area contributed by atoms with Crippen LogP contribution in [0.2, 0.25) is 0 Å². The summed E-state index contributed by atoms with van der Waals surface area (Å²) < 4.78 is 0. The lowest BCUT2D eigenvalue weighted by molar-refractivity contribution is 0.715. The van der Waals surface area contributed by atoms with Crippen molar-refractivity contribution in [3.63, 3.8) is 0 Å². The molecule has 77 valence electrons. The second kappa shape index (κ2) is 4.48. The highest BCUT2D eigenvalue weighted by Gasteiger charge is 2.04. The SMILES string of the molecule is [CH2]C(CCC)c1ccc2ccccc2c1. The smallest absolute Gasteiger partial charge is 0.0162 e. The van der Waals surface area contributed by atoms with Gasteiger partial charge in [0.15, 0.2) is 0 Å². The number of hydrogen-bond acceptors (Lipinski definition) is 0. The molecule has 0 N–H and O–H groups in total. The third-order valence-electron chi connectivity index (χ3n) is 2.88. The van der Waals surface area contributed by atoms with Crippen LogP contribution in [0.4, 0.5) is 0 Å². The fourth-order valence-electron chi connectivity index (χ4n) is 1.98. The van der Waals surface area contributed by atoms with Crippen LogP contribution in [0.15, 0.2) is 42.5 Å². The average molecular weight is 197 g/mol. The Bertz CT molecular complexity index is 442. The second-order valence-electron chi connectivity index (χ2n) is 4.09. The van der Waals surface area contributed by atoms with Gasteiger partial charge in [-0.3, -0.25) is 0 Å². The van der Waals surface area contributed by atoms with Gasteiger partial charge in [-0.25, -0.2) is 0 Å². The van der Waals surface area contributed by atoms with Gasteiger partial charge in [0.1, 0.15) is 0 Å². The molecule has 0 saturated carbocycles. The third kappa shape index (κ3) is 2.20. The van der Waals surface area contributed by atoms with Crippen LogP contribution < -0.4 is 0 Å². The highest BCUT2D eigenvalue weighted by atomic mass is 14.1. The fraction of sp³-hybridized carbons (Fsp3) is 0.267. The molecule has 0 aliphatic rings. The van der Waals surface area contributed by atoms with Crippen LogP contribution in [0.25, 0.3) is 10.8 Å². The van der Waals surface area contributed by atoms with Gasteiger partial charge in [-0.05, 0) is 35.6 Å². The van der Waals surface area contributed by atoms with Crippen LogP contribution in [-0.2, 0) is 0 Å². The molecule has 2 rings (SSSR count). The Kier molecular flexibility index (Phi) is 3.05. The molecular weight excluding hydrogens is 180 g/mol. The summed E-state index contributed by atoms with van der Waals surface area (Å²) in [5.74, 6) is 0.430. The minimum atomic E-state index is 0.430. The predicted octanol–water partition coefficient (Wildman–Crippen LogP) is 4.56. The van der Waals surface area contributed by atoms with Crippen molar-refractivity contribution in [1.82, 2.24) is 0 Å². The quantitative estimate of drug-likeness (QED) is 0.676. The summed E-state index contributed by atoms with van der Waals surface area (Å²) in [4.78, 5) is 0. The summed E-state index contributed by atoms with van der Waals surface area (Å²) in [7, 11) is 0. The molecule has 1 atom stereocenters. The van der Waals surface area contributed by atoms with Crippen molar-refractivity contribution in [1.29, 1.82) is 0 Å². The minimum absolute atomic E-state index is 0.430. The van der Waals surface area contributed by atoms with Gasteiger partial charge in [0.05, 0.1) is 0 Å². The van der Waals surface area contributed by atoms with Gasteiger partial charge < -0.3 is 0 Å². The molecule has 0 nitrogen and oxygen atoms in total. The lowest BCUT2D eigenvalue weighted by Gasteiger charge is -2.11. The molecule has 2 aromatic rings. The summed E-state index contributed by atoms with van der Waals surface area (Å²) in [5, 5.41) is 2.63. The topological polar surface area (TPSA) is 0 Å². The maximum Gasteiger partial charge on any atom is -0.0162 e. The maximum atomic E-state index is 4.20. The van der Waals surface area contributed by atoms with Crippen molar-refractivity contribution in [2.75, 3.05) is 0 Å². The molecule has 15 heavy (non-hydrogen) atoms. The van der Waals surface area contributed by atoms with E-state index < -0.39 is 0 Å². The van der Waals surface area contributed by atoms with E-state index in [0.29, 0.717) is 5.92 Å². The number of rotatable bonds is 3. The van der Waals surface area contributed by atoms with Crippen molar-refractivity contribution >= 4 is 10.8 Å². The molecule has 2 aromatic carbocycles. The molecule has 0 saturated heterocycles. The standard InChI is InChI=1S/C15H17/c1-3-6-12(2)14-10-9-13-7-4-5-8-15(13)11-14/h4-5,7-12H,2-3,6H2,1H3. The van der Waals surface area contributed by atoms with Crippen LogP contribution in [-0.4, -0.2) is 0 Å². The Morgan fingerprint density at radius 3 is 2.53 bits per heavy atom. The van der Waals surface area contributed by atoms with E-state index in [1.54, 1.807) is 0 Å². The van der Waals surface area contributed by atoms with Gasteiger partial charge in [0.25, 0.3) is 0 Å². The molecule has 0 spiro atoms. The van der Waals surface area contributed by atoms with Crippen LogP contribution in [0.3, 0.4) is 0 Å². The Hall–Kier alpha value is -1.30. The highest BCUT2D eigenvalue weighted by Crippen LogP contribution is 2.24. The molecule has 0 aromatic heterocycles. The number of benzene rings is 2. The normalized spacial score (nSPS) is 12.9. The van der Waals surface area contributed by atoms with Crippen LogP contribution in [0.1, 0.15) is 31.2 Å². The zero-order chi connectivity index (χ0) is 10.7. The van der Waals surface area contributed by atoms with Crippen molar-refractivity contribution in [3.05, 3.63) is 55.0 Å². The molecule has 1 radical (unpaired) electrons. The molecule has 0 fully saturated rings. The van der Waals surface area contributed by atoms with Crippen molar-refractivity contribution < 1.29 is 0 Å². The Labute approximate surface area is 91.9 Å². The monoisotopic (exact) mass is 197 g/mol. The summed E-state index contributed by atoms with van der Waals surface area (Å²) in [5.41, 5.74) is 1.36. The van der Waals surface area contributed by atoms with E-state index in [0.717, 1.165) is 0 Å². The lowest BCUT2D eigenvalue weighted by Crippen LogP contribution is -1.92. The predicted molar refractivity (Wildman–Crippen MR) is 67.0 cm³/mol. The van der Waals surface area contributed by atoms with E-state index in [-0.39, 0.29) is 0 Å². The van der Waals surface area contributed by atoms with E-state index in [9.17, 15) is 0 Å². The van der Waals surface area contributed by atoms with E-state index >= 15 is 0 Å². The summed E-state index contributed by atoms with van der Waals surface area (Å²) in [6.07, 6.45) is 2.36. The summed E-state index contributed by atoms with van der Waals surface area (Å²) in [6.45, 7) is 6.41. The van der Waals surface area contributed by atoms with E-state index in [1.807, 2.05) is 0 Å². The fourth-order valence-corrected chi connectivity index (χ4v) is 1.98. The Balaban J connectivity index is 2.38. The third-order valence-corrected chi connectivity index (χ3v) is 2.88. The minimum Gasteiger partial charge on any atom is -0.0654 e. The zero-order valence-electron chi connectivity index (χ0n) is 9.24. The molecular formula is C15H17. The first-order valence-corrected chi connectivity index (χ1v) is 5.63. The molecule has 0 bridgehead atoms. The van der Waals surface area contributed by atoms with Gasteiger partial charge in [0.2, 0.25) is 0 Å². The van der Waals surface area contributed by atoms with Gasteiger partial charge >= 0.3 is 0 Å². The van der Waals surface area contributed by atoms with Gasteiger partial charge in [-0.2, -0.15) is 0 Å². The van der Waals surface area contributed by atoms with Gasteiger partial charge in [-0.1, -0.05) is 55.8 Å². The number of fused-ring (bicyclic) bond motifs is 1. The summed E-state index contributed by atoms with van der Waals surface area (Å²) >= 11 is 0. The van der Waals surface area contributed by atoms with Crippen molar-refractivity contribution in [2.45, 2.75) is 25.7 Å². The molecule has 0 heterocycles. The highest BCUT2D eigenvalue weighted by molar-refractivity contribution is 5.83. The number of hydrogen-bond donors (Lipinski definition) is 0. The van der Waals surface area contributed by atoms with E-state index in [2.05, 4.69) is 56.3 Å².